The molecular formula is C19H24N2O5. The van der Waals surface area contributed by atoms with Gasteiger partial charge in [-0.15, -0.1) is 0 Å². The van der Waals surface area contributed by atoms with Crippen LogP contribution in [0.15, 0.2) is 28.7 Å². The van der Waals surface area contributed by atoms with E-state index >= 15 is 0 Å². The third kappa shape index (κ3) is 4.05. The molecule has 2 heterocycles. The summed E-state index contributed by atoms with van der Waals surface area (Å²) < 4.78 is 16.1. The minimum absolute atomic E-state index is 0.0567. The molecule has 0 saturated carbocycles. The third-order valence-electron chi connectivity index (χ3n) is 4.36. The average molecular weight is 360 g/mol. The van der Waals surface area contributed by atoms with E-state index < -0.39 is 5.97 Å². The molecule has 0 spiro atoms. The zero-order valence-corrected chi connectivity index (χ0v) is 15.2. The Morgan fingerprint density at radius 1 is 1.23 bits per heavy atom. The minimum atomic E-state index is -0.480. The number of amides is 1. The number of nitrogens with zero attached hydrogens (tertiary/aromatic N) is 2. The van der Waals surface area contributed by atoms with Gasteiger partial charge in [0.2, 0.25) is 11.7 Å². The second-order valence-electron chi connectivity index (χ2n) is 6.29. The molecule has 0 aliphatic carbocycles. The molecule has 0 N–H and O–H groups in total. The lowest BCUT2D eigenvalue weighted by molar-refractivity contribution is -0.136. The van der Waals surface area contributed by atoms with Gasteiger partial charge in [-0.2, -0.15) is 0 Å². The fourth-order valence-electron chi connectivity index (χ4n) is 3.09. The Hall–Kier alpha value is -2.38. The van der Waals surface area contributed by atoms with E-state index in [4.69, 9.17) is 13.9 Å². The van der Waals surface area contributed by atoms with E-state index in [1.54, 1.807) is 11.8 Å². The van der Waals surface area contributed by atoms with Crippen molar-refractivity contribution in [2.45, 2.75) is 13.5 Å². The number of ether oxygens (including phenoxy) is 2. The van der Waals surface area contributed by atoms with E-state index in [0.717, 1.165) is 10.9 Å². The Morgan fingerprint density at radius 2 is 1.96 bits per heavy atom. The zero-order valence-electron chi connectivity index (χ0n) is 15.2. The molecule has 1 aliphatic rings. The van der Waals surface area contributed by atoms with E-state index in [0.29, 0.717) is 38.4 Å². The number of morpholine rings is 1. The van der Waals surface area contributed by atoms with Gasteiger partial charge in [-0.3, -0.25) is 9.69 Å². The van der Waals surface area contributed by atoms with Crippen molar-refractivity contribution in [2.24, 2.45) is 0 Å². The molecule has 0 radical (unpaired) electrons. The van der Waals surface area contributed by atoms with E-state index in [1.807, 2.05) is 36.2 Å². The van der Waals surface area contributed by atoms with E-state index in [9.17, 15) is 9.59 Å². The molecule has 140 valence electrons. The van der Waals surface area contributed by atoms with Crippen LogP contribution in [0.5, 0.6) is 0 Å². The van der Waals surface area contributed by atoms with Gasteiger partial charge in [-0.25, -0.2) is 4.79 Å². The van der Waals surface area contributed by atoms with Gasteiger partial charge in [0.05, 0.1) is 26.4 Å². The molecule has 26 heavy (non-hydrogen) atoms. The smallest absolute Gasteiger partial charge is 0.374 e. The topological polar surface area (TPSA) is 72.2 Å². The predicted octanol–water partition coefficient (Wildman–Crippen LogP) is 1.90. The van der Waals surface area contributed by atoms with E-state index in [2.05, 4.69) is 0 Å². The van der Waals surface area contributed by atoms with Crippen LogP contribution in [0.4, 0.5) is 0 Å². The summed E-state index contributed by atoms with van der Waals surface area (Å²) in [7, 11) is 1.86. The van der Waals surface area contributed by atoms with Gasteiger partial charge < -0.3 is 18.8 Å². The molecule has 0 unspecified atom stereocenters. The molecule has 1 amide bonds. The van der Waals surface area contributed by atoms with Crippen molar-refractivity contribution in [3.8, 4) is 0 Å². The van der Waals surface area contributed by atoms with Crippen LogP contribution in [0.25, 0.3) is 11.0 Å². The summed E-state index contributed by atoms with van der Waals surface area (Å²) in [5.41, 5.74) is 1.38. The highest BCUT2D eigenvalue weighted by molar-refractivity contribution is 5.96. The van der Waals surface area contributed by atoms with Crippen LogP contribution in [0.2, 0.25) is 0 Å². The standard InChI is InChI=1S/C19H24N2O5/c1-3-25-19(23)18-15(14-6-4-5-7-16(14)26-18)12-20(2)13-17(22)21-8-10-24-11-9-21/h4-7H,3,8-13H2,1-2H3. The molecule has 1 fully saturated rings. The summed E-state index contributed by atoms with van der Waals surface area (Å²) in [6, 6.07) is 7.49. The molecule has 1 aromatic carbocycles. The summed E-state index contributed by atoms with van der Waals surface area (Å²) >= 11 is 0. The van der Waals surface area contributed by atoms with Crippen LogP contribution >= 0.6 is 0 Å². The highest BCUT2D eigenvalue weighted by Crippen LogP contribution is 2.27. The highest BCUT2D eigenvalue weighted by Gasteiger charge is 2.24. The number of carbonyl (C=O) groups excluding carboxylic acids is 2. The number of hydrogen-bond acceptors (Lipinski definition) is 6. The minimum Gasteiger partial charge on any atom is -0.460 e. The number of likely N-dealkylation sites (N-methyl/N-ethyl adjacent to an activating group) is 1. The molecule has 3 rings (SSSR count). The highest BCUT2D eigenvalue weighted by atomic mass is 16.5. The maximum absolute atomic E-state index is 12.4. The van der Waals surface area contributed by atoms with Crippen LogP contribution in [0.3, 0.4) is 0 Å². The van der Waals surface area contributed by atoms with Crippen molar-refractivity contribution in [2.75, 3.05) is 46.5 Å². The third-order valence-corrected chi connectivity index (χ3v) is 4.36. The van der Waals surface area contributed by atoms with Crippen LogP contribution in [0.1, 0.15) is 23.0 Å². The number of hydrogen-bond donors (Lipinski definition) is 0. The maximum atomic E-state index is 12.4. The lowest BCUT2D eigenvalue weighted by atomic mass is 10.1. The molecule has 1 saturated heterocycles. The molecule has 7 heteroatoms. The second-order valence-corrected chi connectivity index (χ2v) is 6.29. The Kier molecular flexibility index (Phi) is 5.90. The quantitative estimate of drug-likeness (QED) is 0.733. The zero-order chi connectivity index (χ0) is 18.5. The number of esters is 1. The second kappa shape index (κ2) is 8.33. The molecular weight excluding hydrogens is 336 g/mol. The van der Waals surface area contributed by atoms with Crippen LogP contribution in [0, 0.1) is 0 Å². The number of fused-ring (bicyclic) bond motifs is 1. The average Bonchev–Trinajstić information content (AvgIpc) is 3.01. The van der Waals surface area contributed by atoms with Gasteiger partial charge >= 0.3 is 5.97 Å². The lowest BCUT2D eigenvalue weighted by Gasteiger charge is -2.28. The van der Waals surface area contributed by atoms with Crippen molar-refractivity contribution in [1.82, 2.24) is 9.80 Å². The van der Waals surface area contributed by atoms with Crippen LogP contribution < -0.4 is 0 Å². The van der Waals surface area contributed by atoms with Crippen molar-refractivity contribution >= 4 is 22.8 Å². The Balaban J connectivity index is 1.77. The van der Waals surface area contributed by atoms with Gasteiger partial charge in [0.1, 0.15) is 5.58 Å². The van der Waals surface area contributed by atoms with Crippen molar-refractivity contribution in [3.63, 3.8) is 0 Å². The molecule has 1 aromatic heterocycles. The van der Waals surface area contributed by atoms with Crippen molar-refractivity contribution in [1.29, 1.82) is 0 Å². The van der Waals surface area contributed by atoms with E-state index in [-0.39, 0.29) is 24.8 Å². The fourth-order valence-corrected chi connectivity index (χ4v) is 3.09. The predicted molar refractivity (Wildman–Crippen MR) is 95.9 cm³/mol. The first kappa shape index (κ1) is 18.4. The Bertz CT molecular complexity index is 779. The number of para-hydroxylation sites is 1. The summed E-state index contributed by atoms with van der Waals surface area (Å²) in [5, 5.41) is 0.862. The van der Waals surface area contributed by atoms with E-state index in [1.165, 1.54) is 0 Å². The van der Waals surface area contributed by atoms with Gasteiger partial charge in [0.25, 0.3) is 0 Å². The fraction of sp³-hybridized carbons (Fsp3) is 0.474. The molecule has 1 aliphatic heterocycles. The van der Waals surface area contributed by atoms with Gasteiger partial charge in [0, 0.05) is 30.6 Å². The number of benzene rings is 1. The van der Waals surface area contributed by atoms with Crippen molar-refractivity contribution in [3.05, 3.63) is 35.6 Å². The summed E-state index contributed by atoms with van der Waals surface area (Å²) in [5.74, 6) is -0.216. The molecule has 0 atom stereocenters. The first-order valence-electron chi connectivity index (χ1n) is 8.81. The summed E-state index contributed by atoms with van der Waals surface area (Å²) in [4.78, 5) is 28.4. The molecule has 7 nitrogen and oxygen atoms in total. The lowest BCUT2D eigenvalue weighted by Crippen LogP contribution is -2.44. The number of rotatable bonds is 6. The summed E-state index contributed by atoms with van der Waals surface area (Å²) in [6.07, 6.45) is 0. The summed E-state index contributed by atoms with van der Waals surface area (Å²) in [6.45, 7) is 5.12. The number of furan rings is 1. The van der Waals surface area contributed by atoms with Gasteiger partial charge in [-0.05, 0) is 20.0 Å². The van der Waals surface area contributed by atoms with Crippen molar-refractivity contribution < 1.29 is 23.5 Å². The number of carbonyl (C=O) groups is 2. The normalized spacial score (nSPS) is 14.8. The van der Waals surface area contributed by atoms with Gasteiger partial charge in [-0.1, -0.05) is 18.2 Å². The van der Waals surface area contributed by atoms with Crippen LogP contribution in [-0.2, 0) is 20.8 Å². The first-order chi connectivity index (χ1) is 12.6. The largest absolute Gasteiger partial charge is 0.460 e. The van der Waals surface area contributed by atoms with Crippen LogP contribution in [-0.4, -0.2) is 68.2 Å². The molecule has 0 bridgehead atoms. The first-order valence-corrected chi connectivity index (χ1v) is 8.81. The van der Waals surface area contributed by atoms with Gasteiger partial charge in [0.15, 0.2) is 0 Å². The Morgan fingerprint density at radius 3 is 2.69 bits per heavy atom. The SMILES string of the molecule is CCOC(=O)c1oc2ccccc2c1CN(C)CC(=O)N1CCOCC1. The maximum Gasteiger partial charge on any atom is 0.374 e. The Labute approximate surface area is 152 Å². The molecule has 2 aromatic rings. The monoisotopic (exact) mass is 360 g/mol.